The van der Waals surface area contributed by atoms with Crippen molar-refractivity contribution >= 4 is 22.2 Å². The number of hydrogen-bond acceptors (Lipinski definition) is 5. The van der Waals surface area contributed by atoms with E-state index in [0.717, 1.165) is 5.39 Å². The van der Waals surface area contributed by atoms with Gasteiger partial charge in [-0.2, -0.15) is 5.10 Å². The van der Waals surface area contributed by atoms with E-state index >= 15 is 0 Å². The summed E-state index contributed by atoms with van der Waals surface area (Å²) in [6.45, 7) is 4.49. The first-order valence-electron chi connectivity index (χ1n) is 9.25. The molecule has 1 aliphatic rings. The van der Waals surface area contributed by atoms with Gasteiger partial charge in [0.1, 0.15) is 5.82 Å². The average molecular weight is 380 g/mol. The lowest BCUT2D eigenvalue weighted by molar-refractivity contribution is 0.101. The third-order valence-electron chi connectivity index (χ3n) is 5.16. The molecule has 0 amide bonds. The molecule has 0 N–H and O–H groups in total. The predicted molar refractivity (Wildman–Crippen MR) is 106 cm³/mol. The summed E-state index contributed by atoms with van der Waals surface area (Å²) in [5.74, 6) is -0.530. The maximum atomic E-state index is 14.4. The summed E-state index contributed by atoms with van der Waals surface area (Å²) in [5, 5.41) is 5.76. The smallest absolute Gasteiger partial charge is 0.275 e. The number of benzene rings is 2. The molecule has 0 unspecified atom stereocenters. The quantitative estimate of drug-likeness (QED) is 0.651. The number of aromatic nitrogens is 2. The van der Waals surface area contributed by atoms with Crippen molar-refractivity contribution in [1.29, 1.82) is 0 Å². The minimum atomic E-state index is -0.381. The van der Waals surface area contributed by atoms with Gasteiger partial charge in [-0.1, -0.05) is 18.2 Å². The van der Waals surface area contributed by atoms with Crippen LogP contribution in [0.15, 0.2) is 53.5 Å². The largest absolute Gasteiger partial charge is 0.367 e. The number of carbonyl (C=O) groups is 1. The van der Waals surface area contributed by atoms with Crippen LogP contribution in [-0.4, -0.2) is 46.6 Å². The number of anilines is 1. The van der Waals surface area contributed by atoms with E-state index in [2.05, 4.69) is 10.00 Å². The number of piperazine rings is 1. The molecule has 1 aliphatic heterocycles. The molecule has 0 saturated carbocycles. The molecule has 1 fully saturated rings. The first-order valence-corrected chi connectivity index (χ1v) is 9.25. The van der Waals surface area contributed by atoms with E-state index in [1.165, 1.54) is 17.7 Å². The second-order valence-electron chi connectivity index (χ2n) is 7.01. The number of fused-ring (bicyclic) bond motifs is 1. The molecule has 3 aromatic rings. The highest BCUT2D eigenvalue weighted by molar-refractivity contribution is 5.94. The van der Waals surface area contributed by atoms with Gasteiger partial charge in [-0.3, -0.25) is 14.5 Å². The van der Waals surface area contributed by atoms with Crippen LogP contribution in [-0.2, 0) is 6.67 Å². The van der Waals surface area contributed by atoms with Gasteiger partial charge in [0, 0.05) is 37.1 Å². The monoisotopic (exact) mass is 380 g/mol. The molecular formula is C21H21FN4O2. The molecule has 0 radical (unpaired) electrons. The van der Waals surface area contributed by atoms with Gasteiger partial charge in [0.05, 0.1) is 23.9 Å². The van der Waals surface area contributed by atoms with Gasteiger partial charge in [-0.25, -0.2) is 9.07 Å². The molecule has 0 aliphatic carbocycles. The molecule has 28 heavy (non-hydrogen) atoms. The van der Waals surface area contributed by atoms with Crippen LogP contribution in [0.1, 0.15) is 17.3 Å². The first-order chi connectivity index (χ1) is 13.5. The predicted octanol–water partition coefficient (Wildman–Crippen LogP) is 2.52. The fourth-order valence-corrected chi connectivity index (χ4v) is 3.53. The molecule has 6 nitrogen and oxygen atoms in total. The maximum absolute atomic E-state index is 14.4. The van der Waals surface area contributed by atoms with Crippen molar-refractivity contribution in [3.63, 3.8) is 0 Å². The molecule has 4 rings (SSSR count). The highest BCUT2D eigenvalue weighted by Crippen LogP contribution is 2.22. The highest BCUT2D eigenvalue weighted by Gasteiger charge is 2.21. The molecule has 2 aromatic carbocycles. The second kappa shape index (κ2) is 7.52. The first kappa shape index (κ1) is 18.3. The highest BCUT2D eigenvalue weighted by atomic mass is 19.1. The Morgan fingerprint density at radius 3 is 2.57 bits per heavy atom. The molecule has 0 bridgehead atoms. The number of nitrogens with zero attached hydrogens (tertiary/aromatic N) is 4. The van der Waals surface area contributed by atoms with Crippen LogP contribution in [0.25, 0.3) is 10.8 Å². The summed E-state index contributed by atoms with van der Waals surface area (Å²) in [4.78, 5) is 28.1. The molecule has 7 heteroatoms. The third-order valence-corrected chi connectivity index (χ3v) is 5.16. The summed E-state index contributed by atoms with van der Waals surface area (Å²) < 4.78 is 15.8. The Kier molecular flexibility index (Phi) is 4.92. The van der Waals surface area contributed by atoms with E-state index in [9.17, 15) is 14.0 Å². The Morgan fingerprint density at radius 2 is 1.86 bits per heavy atom. The van der Waals surface area contributed by atoms with E-state index in [1.54, 1.807) is 24.4 Å². The minimum Gasteiger partial charge on any atom is -0.367 e. The second-order valence-corrected chi connectivity index (χ2v) is 7.01. The third kappa shape index (κ3) is 3.53. The Morgan fingerprint density at radius 1 is 1.11 bits per heavy atom. The zero-order valence-corrected chi connectivity index (χ0v) is 15.6. The fraction of sp³-hybridized carbons (Fsp3) is 0.286. The van der Waals surface area contributed by atoms with Gasteiger partial charge in [-0.05, 0) is 31.2 Å². The lowest BCUT2D eigenvalue weighted by Gasteiger charge is -2.36. The molecule has 2 heterocycles. The number of halogens is 1. The van der Waals surface area contributed by atoms with Crippen LogP contribution in [0.3, 0.4) is 0 Å². The Balaban J connectivity index is 1.44. The lowest BCUT2D eigenvalue weighted by Crippen LogP contribution is -2.48. The van der Waals surface area contributed by atoms with Crippen molar-refractivity contribution in [2.45, 2.75) is 13.6 Å². The van der Waals surface area contributed by atoms with Crippen molar-refractivity contribution in [1.82, 2.24) is 14.7 Å². The summed E-state index contributed by atoms with van der Waals surface area (Å²) in [6, 6.07) is 12.0. The number of rotatable bonds is 4. The van der Waals surface area contributed by atoms with Crippen molar-refractivity contribution in [2.24, 2.45) is 0 Å². The Hall–Kier alpha value is -3.06. The van der Waals surface area contributed by atoms with Gasteiger partial charge in [0.25, 0.3) is 5.56 Å². The Bertz CT molecular complexity index is 1090. The normalized spacial score (nSPS) is 15.1. The van der Waals surface area contributed by atoms with Crippen molar-refractivity contribution < 1.29 is 9.18 Å². The van der Waals surface area contributed by atoms with Crippen molar-refractivity contribution in [2.75, 3.05) is 31.1 Å². The fourth-order valence-electron chi connectivity index (χ4n) is 3.53. The summed E-state index contributed by atoms with van der Waals surface area (Å²) in [5.41, 5.74) is 0.777. The van der Waals surface area contributed by atoms with Crippen LogP contribution in [0.2, 0.25) is 0 Å². The standard InChI is InChI=1S/C21H21FN4O2/c1-15(27)16-6-7-20(19(22)12-16)25-10-8-24(9-11-25)14-26-21(28)18-5-3-2-4-17(18)13-23-26/h2-7,12-13H,8-11,14H2,1H3. The maximum Gasteiger partial charge on any atom is 0.275 e. The van der Waals surface area contributed by atoms with Crippen LogP contribution < -0.4 is 10.5 Å². The molecule has 0 spiro atoms. The molecule has 144 valence electrons. The van der Waals surface area contributed by atoms with Gasteiger partial charge in [0.2, 0.25) is 0 Å². The zero-order valence-electron chi connectivity index (χ0n) is 15.6. The number of ketones is 1. The number of carbonyl (C=O) groups excluding carboxylic acids is 1. The number of Topliss-reactive ketones (excluding diaryl/α,β-unsaturated/α-hetero) is 1. The van der Waals surface area contributed by atoms with Crippen LogP contribution in [0, 0.1) is 5.82 Å². The van der Waals surface area contributed by atoms with E-state index in [1.807, 2.05) is 23.1 Å². The van der Waals surface area contributed by atoms with Gasteiger partial charge < -0.3 is 4.90 Å². The number of hydrogen-bond donors (Lipinski definition) is 0. The summed E-state index contributed by atoms with van der Waals surface area (Å²) >= 11 is 0. The lowest BCUT2D eigenvalue weighted by atomic mass is 10.1. The topological polar surface area (TPSA) is 58.4 Å². The van der Waals surface area contributed by atoms with Gasteiger partial charge >= 0.3 is 0 Å². The Labute approximate surface area is 161 Å². The van der Waals surface area contributed by atoms with Crippen molar-refractivity contribution in [3.8, 4) is 0 Å². The SMILES string of the molecule is CC(=O)c1ccc(N2CCN(Cn3ncc4ccccc4c3=O)CC2)c(F)c1. The molecule has 1 saturated heterocycles. The van der Waals surface area contributed by atoms with Crippen LogP contribution in [0.4, 0.5) is 10.1 Å². The molecule has 0 atom stereocenters. The molecule has 1 aromatic heterocycles. The zero-order chi connectivity index (χ0) is 19.7. The van der Waals surface area contributed by atoms with Crippen molar-refractivity contribution in [3.05, 3.63) is 70.4 Å². The van der Waals surface area contributed by atoms with E-state index in [0.29, 0.717) is 49.5 Å². The van der Waals surface area contributed by atoms with E-state index < -0.39 is 0 Å². The van der Waals surface area contributed by atoms with E-state index in [-0.39, 0.29) is 17.2 Å². The summed E-state index contributed by atoms with van der Waals surface area (Å²) in [6.07, 6.45) is 1.71. The van der Waals surface area contributed by atoms with Gasteiger partial charge in [-0.15, -0.1) is 0 Å². The van der Waals surface area contributed by atoms with Gasteiger partial charge in [0.15, 0.2) is 5.78 Å². The average Bonchev–Trinajstić information content (AvgIpc) is 2.71. The summed E-state index contributed by atoms with van der Waals surface area (Å²) in [7, 11) is 0. The molecular weight excluding hydrogens is 359 g/mol. The van der Waals surface area contributed by atoms with E-state index in [4.69, 9.17) is 0 Å². The van der Waals surface area contributed by atoms with Crippen LogP contribution in [0.5, 0.6) is 0 Å². The van der Waals surface area contributed by atoms with Crippen LogP contribution >= 0.6 is 0 Å². The minimum absolute atomic E-state index is 0.105.